The van der Waals surface area contributed by atoms with Gasteiger partial charge in [-0.2, -0.15) is 0 Å². The van der Waals surface area contributed by atoms with Gasteiger partial charge in [0.15, 0.2) is 0 Å². The lowest BCUT2D eigenvalue weighted by molar-refractivity contribution is 0.291. The maximum absolute atomic E-state index is 4.53. The molecule has 0 bridgehead atoms. The second kappa shape index (κ2) is 6.23. The van der Waals surface area contributed by atoms with Crippen LogP contribution < -0.4 is 10.2 Å². The molecular formula is C20H25N3. The van der Waals surface area contributed by atoms with Crippen LogP contribution in [0.3, 0.4) is 0 Å². The molecule has 0 unspecified atom stereocenters. The van der Waals surface area contributed by atoms with Gasteiger partial charge in [-0.1, -0.05) is 38.0 Å². The number of fused-ring (bicyclic) bond motifs is 2. The largest absolute Gasteiger partial charge is 0.365 e. The Morgan fingerprint density at radius 2 is 1.91 bits per heavy atom. The van der Waals surface area contributed by atoms with Gasteiger partial charge in [0, 0.05) is 24.8 Å². The molecule has 1 aromatic heterocycles. The van der Waals surface area contributed by atoms with Crippen LogP contribution in [-0.2, 0) is 6.54 Å². The SMILES string of the molecule is C[C@H]1CC[C@H](CN2Cc3cccnc3Nc3ccccc32)CC1. The van der Waals surface area contributed by atoms with E-state index in [1.165, 1.54) is 42.6 Å². The fraction of sp³-hybridized carbons (Fsp3) is 0.450. The zero-order valence-electron chi connectivity index (χ0n) is 13.8. The van der Waals surface area contributed by atoms with Crippen molar-refractivity contribution in [1.82, 2.24) is 4.98 Å². The van der Waals surface area contributed by atoms with E-state index in [-0.39, 0.29) is 0 Å². The molecule has 23 heavy (non-hydrogen) atoms. The predicted molar refractivity (Wildman–Crippen MR) is 96.1 cm³/mol. The monoisotopic (exact) mass is 307 g/mol. The third-order valence-electron chi connectivity index (χ3n) is 5.36. The van der Waals surface area contributed by atoms with Crippen molar-refractivity contribution < 1.29 is 0 Å². The van der Waals surface area contributed by atoms with E-state index in [1.54, 1.807) is 0 Å². The van der Waals surface area contributed by atoms with Crippen LogP contribution in [0, 0.1) is 11.8 Å². The zero-order valence-corrected chi connectivity index (χ0v) is 13.8. The van der Waals surface area contributed by atoms with Gasteiger partial charge in [-0.15, -0.1) is 0 Å². The van der Waals surface area contributed by atoms with Crippen LogP contribution >= 0.6 is 0 Å². The lowest BCUT2D eigenvalue weighted by atomic mass is 9.82. The maximum atomic E-state index is 4.53. The minimum absolute atomic E-state index is 0.817. The van der Waals surface area contributed by atoms with Gasteiger partial charge in [0.05, 0.1) is 11.4 Å². The van der Waals surface area contributed by atoms with E-state index in [1.807, 2.05) is 12.3 Å². The predicted octanol–water partition coefficient (Wildman–Crippen LogP) is 4.97. The Hall–Kier alpha value is -2.03. The molecule has 0 radical (unpaired) electrons. The number of hydrogen-bond acceptors (Lipinski definition) is 3. The zero-order chi connectivity index (χ0) is 15.6. The molecule has 1 N–H and O–H groups in total. The molecule has 1 aliphatic heterocycles. The summed E-state index contributed by atoms with van der Waals surface area (Å²) in [5.74, 6) is 2.73. The van der Waals surface area contributed by atoms with E-state index in [9.17, 15) is 0 Å². The first-order valence-electron chi connectivity index (χ1n) is 8.84. The number of nitrogens with zero attached hydrogens (tertiary/aromatic N) is 2. The number of anilines is 3. The first kappa shape index (κ1) is 14.6. The van der Waals surface area contributed by atoms with Crippen molar-refractivity contribution in [3.05, 3.63) is 48.2 Å². The van der Waals surface area contributed by atoms with Crippen molar-refractivity contribution in [1.29, 1.82) is 0 Å². The minimum atomic E-state index is 0.817. The lowest BCUT2D eigenvalue weighted by Gasteiger charge is -2.33. The normalized spacial score (nSPS) is 23.4. The van der Waals surface area contributed by atoms with Crippen molar-refractivity contribution in [2.75, 3.05) is 16.8 Å². The molecule has 1 aliphatic carbocycles. The fourth-order valence-electron chi connectivity index (χ4n) is 3.94. The molecule has 0 spiro atoms. The highest BCUT2D eigenvalue weighted by Crippen LogP contribution is 2.37. The van der Waals surface area contributed by atoms with E-state index in [2.05, 4.69) is 52.5 Å². The highest BCUT2D eigenvalue weighted by Gasteiger charge is 2.24. The summed E-state index contributed by atoms with van der Waals surface area (Å²) in [7, 11) is 0. The molecule has 2 aliphatic rings. The van der Waals surface area contributed by atoms with Gasteiger partial charge in [-0.25, -0.2) is 4.98 Å². The van der Waals surface area contributed by atoms with Crippen LogP contribution in [0.4, 0.5) is 17.2 Å². The Kier molecular flexibility index (Phi) is 3.94. The number of hydrogen-bond donors (Lipinski definition) is 1. The van der Waals surface area contributed by atoms with Crippen LogP contribution in [0.25, 0.3) is 0 Å². The van der Waals surface area contributed by atoms with Gasteiger partial charge < -0.3 is 10.2 Å². The van der Waals surface area contributed by atoms with Crippen LogP contribution in [0.5, 0.6) is 0 Å². The third kappa shape index (κ3) is 3.05. The van der Waals surface area contributed by atoms with E-state index in [0.29, 0.717) is 0 Å². The summed E-state index contributed by atoms with van der Waals surface area (Å²) in [6.07, 6.45) is 7.38. The van der Waals surface area contributed by atoms with Gasteiger partial charge in [0.2, 0.25) is 0 Å². The van der Waals surface area contributed by atoms with Crippen molar-refractivity contribution in [2.45, 2.75) is 39.2 Å². The number of pyridine rings is 1. The standard InChI is InChI=1S/C20H25N3/c1-15-8-10-16(11-9-15)13-23-14-17-5-4-12-21-20(17)22-18-6-2-3-7-19(18)23/h2-7,12,15-16H,8-11,13-14H2,1H3,(H,21,22)/t15-,16-. The number of rotatable bonds is 2. The molecular weight excluding hydrogens is 282 g/mol. The molecule has 1 saturated carbocycles. The van der Waals surface area contributed by atoms with Gasteiger partial charge in [-0.05, 0) is 42.9 Å². The summed E-state index contributed by atoms with van der Waals surface area (Å²) in [5.41, 5.74) is 3.77. The highest BCUT2D eigenvalue weighted by atomic mass is 15.2. The highest BCUT2D eigenvalue weighted by molar-refractivity contribution is 5.77. The van der Waals surface area contributed by atoms with Crippen molar-refractivity contribution in [3.63, 3.8) is 0 Å². The Morgan fingerprint density at radius 1 is 1.09 bits per heavy atom. The van der Waals surface area contributed by atoms with Gasteiger partial charge in [0.25, 0.3) is 0 Å². The molecule has 1 fully saturated rings. The molecule has 2 aromatic rings. The Balaban J connectivity index is 1.62. The average Bonchev–Trinajstić information content (AvgIpc) is 2.73. The number of benzene rings is 1. The summed E-state index contributed by atoms with van der Waals surface area (Å²) in [5, 5.41) is 3.52. The Bertz CT molecular complexity index is 674. The number of nitrogens with one attached hydrogen (secondary N) is 1. The lowest BCUT2D eigenvalue weighted by Crippen LogP contribution is -2.30. The first-order valence-corrected chi connectivity index (χ1v) is 8.84. The van der Waals surface area contributed by atoms with Crippen molar-refractivity contribution in [3.8, 4) is 0 Å². The quantitative estimate of drug-likeness (QED) is 0.849. The van der Waals surface area contributed by atoms with Crippen LogP contribution in [0.15, 0.2) is 42.6 Å². The molecule has 0 amide bonds. The van der Waals surface area contributed by atoms with Gasteiger partial charge >= 0.3 is 0 Å². The number of para-hydroxylation sites is 2. The van der Waals surface area contributed by atoms with Crippen LogP contribution in [-0.4, -0.2) is 11.5 Å². The molecule has 2 heterocycles. The molecule has 4 rings (SSSR count). The van der Waals surface area contributed by atoms with E-state index in [0.717, 1.165) is 30.7 Å². The number of aromatic nitrogens is 1. The molecule has 120 valence electrons. The molecule has 1 aromatic carbocycles. The van der Waals surface area contributed by atoms with Crippen molar-refractivity contribution in [2.24, 2.45) is 11.8 Å². The first-order chi connectivity index (χ1) is 11.3. The summed E-state index contributed by atoms with van der Waals surface area (Å²) in [4.78, 5) is 7.08. The van der Waals surface area contributed by atoms with E-state index >= 15 is 0 Å². The summed E-state index contributed by atoms with van der Waals surface area (Å²) in [6, 6.07) is 12.9. The van der Waals surface area contributed by atoms with Crippen LogP contribution in [0.2, 0.25) is 0 Å². The second-order valence-electron chi connectivity index (χ2n) is 7.16. The van der Waals surface area contributed by atoms with Crippen LogP contribution in [0.1, 0.15) is 38.2 Å². The Morgan fingerprint density at radius 3 is 2.78 bits per heavy atom. The van der Waals surface area contributed by atoms with E-state index in [4.69, 9.17) is 0 Å². The Labute approximate surface area is 138 Å². The van der Waals surface area contributed by atoms with E-state index < -0.39 is 0 Å². The second-order valence-corrected chi connectivity index (χ2v) is 7.16. The fourth-order valence-corrected chi connectivity index (χ4v) is 3.94. The molecule has 3 heteroatoms. The minimum Gasteiger partial charge on any atom is -0.365 e. The van der Waals surface area contributed by atoms with Gasteiger partial charge in [-0.3, -0.25) is 0 Å². The molecule has 0 saturated heterocycles. The smallest absolute Gasteiger partial charge is 0.135 e. The van der Waals surface area contributed by atoms with Crippen molar-refractivity contribution >= 4 is 17.2 Å². The van der Waals surface area contributed by atoms with Gasteiger partial charge in [0.1, 0.15) is 5.82 Å². The summed E-state index contributed by atoms with van der Waals surface area (Å²) in [6.45, 7) is 4.49. The maximum Gasteiger partial charge on any atom is 0.135 e. The summed E-state index contributed by atoms with van der Waals surface area (Å²) >= 11 is 0. The molecule has 3 nitrogen and oxygen atoms in total. The summed E-state index contributed by atoms with van der Waals surface area (Å²) < 4.78 is 0. The average molecular weight is 307 g/mol. The third-order valence-corrected chi connectivity index (χ3v) is 5.36. The topological polar surface area (TPSA) is 28.2 Å². The molecule has 0 atom stereocenters.